The lowest BCUT2D eigenvalue weighted by Crippen LogP contribution is -2.54. The molecule has 0 aromatic heterocycles. The van der Waals surface area contributed by atoms with Crippen LogP contribution < -0.4 is 5.32 Å². The molecule has 0 radical (unpaired) electrons. The van der Waals surface area contributed by atoms with E-state index in [-0.39, 0.29) is 18.1 Å². The predicted octanol–water partition coefficient (Wildman–Crippen LogP) is 2.81. The van der Waals surface area contributed by atoms with E-state index in [0.717, 1.165) is 12.8 Å². The lowest BCUT2D eigenvalue weighted by Gasteiger charge is -2.45. The van der Waals surface area contributed by atoms with E-state index < -0.39 is 28.1 Å². The van der Waals surface area contributed by atoms with Crippen LogP contribution in [0.3, 0.4) is 0 Å². The normalized spacial score (nSPS) is 30.5. The Balaban J connectivity index is 1.92. The van der Waals surface area contributed by atoms with Gasteiger partial charge in [0.1, 0.15) is 0 Å². The zero-order valence-corrected chi connectivity index (χ0v) is 14.8. The lowest BCUT2D eigenvalue weighted by molar-refractivity contribution is -0.384. The number of rotatable bonds is 5. The van der Waals surface area contributed by atoms with Gasteiger partial charge in [-0.1, -0.05) is 6.42 Å². The van der Waals surface area contributed by atoms with E-state index in [0.29, 0.717) is 18.5 Å². The van der Waals surface area contributed by atoms with Crippen LogP contribution in [0.4, 0.5) is 11.4 Å². The Kier molecular flexibility index (Phi) is 4.70. The minimum Gasteiger partial charge on any atom is -0.464 e. The molecule has 1 unspecified atom stereocenters. The highest BCUT2D eigenvalue weighted by molar-refractivity contribution is 6.07. The highest BCUT2D eigenvalue weighted by Crippen LogP contribution is 2.53. The number of hydrogen-bond donors (Lipinski definition) is 1. The number of nitro groups is 1. The number of Topliss-reactive ketones (excluding diaryl/α,β-unsaturated/α-hetero) is 1. The second kappa shape index (κ2) is 6.68. The molecule has 26 heavy (non-hydrogen) atoms. The van der Waals surface area contributed by atoms with Crippen molar-refractivity contribution in [2.45, 2.75) is 51.4 Å². The molecule has 2 aliphatic rings. The summed E-state index contributed by atoms with van der Waals surface area (Å²) in [5.41, 5.74) is -1.33. The summed E-state index contributed by atoms with van der Waals surface area (Å²) in [6.07, 6.45) is 1.62. The van der Waals surface area contributed by atoms with Crippen LogP contribution in [0.2, 0.25) is 0 Å². The number of nitrogens with one attached hydrogen (secondary N) is 1. The van der Waals surface area contributed by atoms with Crippen LogP contribution in [0.5, 0.6) is 0 Å². The molecule has 1 aromatic carbocycles. The van der Waals surface area contributed by atoms with Crippen molar-refractivity contribution < 1.29 is 24.0 Å². The van der Waals surface area contributed by atoms with Crippen molar-refractivity contribution in [2.24, 2.45) is 5.41 Å². The van der Waals surface area contributed by atoms with Crippen LogP contribution in [0.25, 0.3) is 0 Å². The molecule has 0 bridgehead atoms. The number of fused-ring (bicyclic) bond motifs is 1. The van der Waals surface area contributed by atoms with E-state index in [4.69, 9.17) is 9.47 Å². The fourth-order valence-electron chi connectivity index (χ4n) is 3.89. The molecule has 8 nitrogen and oxygen atoms in total. The Hall–Kier alpha value is -2.48. The summed E-state index contributed by atoms with van der Waals surface area (Å²) in [7, 11) is 0. The number of esters is 1. The average Bonchev–Trinajstić information content (AvgIpc) is 2.84. The Morgan fingerprint density at radius 2 is 2.00 bits per heavy atom. The maximum absolute atomic E-state index is 13.0. The van der Waals surface area contributed by atoms with Gasteiger partial charge in [-0.3, -0.25) is 14.9 Å². The number of ether oxygens (including phenoxy) is 2. The van der Waals surface area contributed by atoms with Crippen molar-refractivity contribution in [3.63, 3.8) is 0 Å². The van der Waals surface area contributed by atoms with E-state index in [2.05, 4.69) is 5.32 Å². The van der Waals surface area contributed by atoms with Crippen molar-refractivity contribution in [1.82, 2.24) is 0 Å². The van der Waals surface area contributed by atoms with Crippen molar-refractivity contribution in [3.8, 4) is 0 Å². The third-order valence-corrected chi connectivity index (χ3v) is 5.37. The van der Waals surface area contributed by atoms with Gasteiger partial charge in [-0.2, -0.15) is 0 Å². The summed E-state index contributed by atoms with van der Waals surface area (Å²) in [5, 5.41) is 14.1. The van der Waals surface area contributed by atoms with Gasteiger partial charge in [0.25, 0.3) is 5.69 Å². The highest BCUT2D eigenvalue weighted by atomic mass is 16.6. The first-order chi connectivity index (χ1) is 12.3. The van der Waals surface area contributed by atoms with Crippen molar-refractivity contribution >= 4 is 23.1 Å². The number of anilines is 1. The summed E-state index contributed by atoms with van der Waals surface area (Å²) in [5.74, 6) is -0.942. The van der Waals surface area contributed by atoms with Crippen LogP contribution in [-0.2, 0) is 19.1 Å². The SMILES string of the molecule is CCOC(=O)C1O[C@]2(Nc3ccc([N+](=O)[O-])cc3)CCCC[C@]2(C)C1=O. The lowest BCUT2D eigenvalue weighted by atomic mass is 9.67. The van der Waals surface area contributed by atoms with Gasteiger partial charge in [-0.05, 0) is 45.2 Å². The molecule has 3 rings (SSSR count). The molecule has 1 aliphatic heterocycles. The monoisotopic (exact) mass is 362 g/mol. The molecule has 1 heterocycles. The van der Waals surface area contributed by atoms with Crippen molar-refractivity contribution in [1.29, 1.82) is 0 Å². The Morgan fingerprint density at radius 1 is 1.35 bits per heavy atom. The third kappa shape index (κ3) is 2.84. The number of benzene rings is 1. The summed E-state index contributed by atoms with van der Waals surface area (Å²) in [6.45, 7) is 3.66. The molecular weight excluding hydrogens is 340 g/mol. The molecule has 140 valence electrons. The van der Waals surface area contributed by atoms with Crippen LogP contribution >= 0.6 is 0 Å². The molecule has 1 N–H and O–H groups in total. The minimum absolute atomic E-state index is 0.0210. The van der Waals surface area contributed by atoms with Gasteiger partial charge < -0.3 is 14.8 Å². The largest absolute Gasteiger partial charge is 0.464 e. The van der Waals surface area contributed by atoms with Crippen LogP contribution in [0.1, 0.15) is 39.5 Å². The second-order valence-electron chi connectivity index (χ2n) is 6.91. The standard InChI is InChI=1S/C18H22N2O6/c1-3-25-16(22)14-15(21)17(2)10-4-5-11-18(17,26-14)19-12-6-8-13(9-7-12)20(23)24/h6-9,14,19H,3-5,10-11H2,1-2H3/t14?,17-,18-/m1/s1. The molecule has 1 aromatic rings. The second-order valence-corrected chi connectivity index (χ2v) is 6.91. The van der Waals surface area contributed by atoms with Crippen molar-refractivity contribution in [2.75, 3.05) is 11.9 Å². The van der Waals surface area contributed by atoms with Gasteiger partial charge >= 0.3 is 5.97 Å². The van der Waals surface area contributed by atoms with Gasteiger partial charge in [-0.15, -0.1) is 0 Å². The maximum Gasteiger partial charge on any atom is 0.343 e. The molecule has 2 fully saturated rings. The molecule has 1 aliphatic carbocycles. The molecule has 3 atom stereocenters. The number of carbonyl (C=O) groups excluding carboxylic acids is 2. The Labute approximate surface area is 151 Å². The molecule has 0 amide bonds. The van der Waals surface area contributed by atoms with Crippen LogP contribution in [0.15, 0.2) is 24.3 Å². The summed E-state index contributed by atoms with van der Waals surface area (Å²) in [4.78, 5) is 35.5. The number of ketones is 1. The van der Waals surface area contributed by atoms with E-state index in [1.54, 1.807) is 19.1 Å². The van der Waals surface area contributed by atoms with E-state index in [1.165, 1.54) is 12.1 Å². The molecular formula is C18H22N2O6. The summed E-state index contributed by atoms with van der Waals surface area (Å²) >= 11 is 0. The summed E-state index contributed by atoms with van der Waals surface area (Å²) in [6, 6.07) is 5.93. The molecule has 1 saturated heterocycles. The Bertz CT molecular complexity index is 734. The zero-order chi connectivity index (χ0) is 18.9. The van der Waals surface area contributed by atoms with E-state index >= 15 is 0 Å². The van der Waals surface area contributed by atoms with Gasteiger partial charge in [0.2, 0.25) is 6.10 Å². The first kappa shape index (κ1) is 18.3. The van der Waals surface area contributed by atoms with Crippen LogP contribution in [0, 0.1) is 15.5 Å². The third-order valence-electron chi connectivity index (χ3n) is 5.37. The first-order valence-electron chi connectivity index (χ1n) is 8.74. The van der Waals surface area contributed by atoms with Gasteiger partial charge in [0.05, 0.1) is 16.9 Å². The zero-order valence-electron chi connectivity index (χ0n) is 14.8. The van der Waals surface area contributed by atoms with E-state index in [1.807, 2.05) is 6.92 Å². The van der Waals surface area contributed by atoms with Gasteiger partial charge in [-0.25, -0.2) is 4.79 Å². The highest BCUT2D eigenvalue weighted by Gasteiger charge is 2.65. The smallest absolute Gasteiger partial charge is 0.343 e. The number of nitro benzene ring substituents is 1. The Morgan fingerprint density at radius 3 is 2.62 bits per heavy atom. The number of hydrogen-bond acceptors (Lipinski definition) is 7. The van der Waals surface area contributed by atoms with E-state index in [9.17, 15) is 19.7 Å². The first-order valence-corrected chi connectivity index (χ1v) is 8.74. The van der Waals surface area contributed by atoms with Crippen LogP contribution in [-0.4, -0.2) is 35.1 Å². The number of nitrogens with zero attached hydrogens (tertiary/aromatic N) is 1. The quantitative estimate of drug-likeness (QED) is 0.371. The van der Waals surface area contributed by atoms with Gasteiger partial charge in [0.15, 0.2) is 11.5 Å². The number of non-ortho nitro benzene ring substituents is 1. The average molecular weight is 362 g/mol. The van der Waals surface area contributed by atoms with Gasteiger partial charge in [0, 0.05) is 17.8 Å². The molecule has 0 spiro atoms. The minimum atomic E-state index is -1.25. The fourth-order valence-corrected chi connectivity index (χ4v) is 3.89. The molecule has 8 heteroatoms. The summed E-state index contributed by atoms with van der Waals surface area (Å²) < 4.78 is 11.0. The predicted molar refractivity (Wildman–Crippen MR) is 92.5 cm³/mol. The van der Waals surface area contributed by atoms with Crippen molar-refractivity contribution in [3.05, 3.63) is 34.4 Å². The maximum atomic E-state index is 13.0. The fraction of sp³-hybridized carbons (Fsp3) is 0.556. The molecule has 1 saturated carbocycles. The topological polar surface area (TPSA) is 108 Å². The number of carbonyl (C=O) groups is 2.